The number of aromatic nitrogens is 1. The van der Waals surface area contributed by atoms with Crippen LogP contribution < -0.4 is 16.4 Å². The van der Waals surface area contributed by atoms with Crippen molar-refractivity contribution in [3.8, 4) is 0 Å². The molecule has 13 heteroatoms. The molecule has 0 saturated carbocycles. The van der Waals surface area contributed by atoms with Gasteiger partial charge in [0.15, 0.2) is 0 Å². The summed E-state index contributed by atoms with van der Waals surface area (Å²) in [6.07, 6.45) is -2.27. The number of carbonyl (C=O) groups excluding carboxylic acids is 3. The number of carbonyl (C=O) groups is 4. The maximum absolute atomic E-state index is 13.3. The fourth-order valence-electron chi connectivity index (χ4n) is 5.51. The third-order valence-corrected chi connectivity index (χ3v) is 7.67. The summed E-state index contributed by atoms with van der Waals surface area (Å²) < 4.78 is 31.7. The molecule has 1 aliphatic heterocycles. The Morgan fingerprint density at radius 2 is 1.67 bits per heavy atom. The number of benzene rings is 2. The second-order valence-electron chi connectivity index (χ2n) is 12.0. The van der Waals surface area contributed by atoms with Gasteiger partial charge in [0.2, 0.25) is 17.7 Å². The van der Waals surface area contributed by atoms with Crippen LogP contribution in [0, 0.1) is 5.41 Å². The summed E-state index contributed by atoms with van der Waals surface area (Å²) in [4.78, 5) is 54.2. The van der Waals surface area contributed by atoms with Gasteiger partial charge >= 0.3 is 12.1 Å². The smallest absolute Gasteiger partial charge is 0.475 e. The van der Waals surface area contributed by atoms with Crippen molar-refractivity contribution < 1.29 is 37.5 Å². The quantitative estimate of drug-likeness (QED) is 0.321. The van der Waals surface area contributed by atoms with E-state index in [9.17, 15) is 27.6 Å². The Hall–Kier alpha value is -4.78. The number of nitrogens with two attached hydrogens (primary N) is 1. The molecule has 10 nitrogen and oxygen atoms in total. The summed E-state index contributed by atoms with van der Waals surface area (Å²) >= 11 is 0. The lowest BCUT2D eigenvalue weighted by Gasteiger charge is -2.30. The van der Waals surface area contributed by atoms with Crippen LogP contribution in [-0.2, 0) is 50.5 Å². The van der Waals surface area contributed by atoms with Crippen LogP contribution in [-0.4, -0.2) is 51.4 Å². The second kappa shape index (κ2) is 12.7. The highest BCUT2D eigenvalue weighted by molar-refractivity contribution is 6.06. The number of pyridine rings is 1. The molecule has 0 bridgehead atoms. The Balaban J connectivity index is 0.000000591. The number of hydrogen-bond acceptors (Lipinski definition) is 6. The molecule has 1 aliphatic carbocycles. The number of nitrogens with zero attached hydrogens (tertiary/aromatic N) is 2. The first-order valence-electron chi connectivity index (χ1n) is 14.1. The zero-order chi connectivity index (χ0) is 33.2. The summed E-state index contributed by atoms with van der Waals surface area (Å²) in [7, 11) is 0. The number of halogens is 3. The zero-order valence-electron chi connectivity index (χ0n) is 25.0. The van der Waals surface area contributed by atoms with Crippen LogP contribution in [0.5, 0.6) is 0 Å². The highest BCUT2D eigenvalue weighted by Gasteiger charge is 2.51. The third-order valence-electron chi connectivity index (χ3n) is 7.67. The van der Waals surface area contributed by atoms with Gasteiger partial charge in [-0.15, -0.1) is 0 Å². The van der Waals surface area contributed by atoms with E-state index in [0.717, 1.165) is 27.8 Å². The van der Waals surface area contributed by atoms with Gasteiger partial charge in [-0.3, -0.25) is 14.4 Å². The predicted molar refractivity (Wildman–Crippen MR) is 160 cm³/mol. The maximum Gasteiger partial charge on any atom is 0.490 e. The van der Waals surface area contributed by atoms with E-state index in [2.05, 4.69) is 15.6 Å². The number of anilines is 2. The molecule has 0 saturated heterocycles. The van der Waals surface area contributed by atoms with E-state index in [1.807, 2.05) is 75.4 Å². The number of aliphatic carboxylic acids is 1. The molecule has 238 valence electrons. The van der Waals surface area contributed by atoms with E-state index >= 15 is 0 Å². The molecular weight excluding hydrogens is 591 g/mol. The minimum absolute atomic E-state index is 0.0397. The Morgan fingerprint density at radius 3 is 2.29 bits per heavy atom. The van der Waals surface area contributed by atoms with Gasteiger partial charge in [-0.1, -0.05) is 57.2 Å². The molecular formula is C32H34F3N5O5. The lowest BCUT2D eigenvalue weighted by Crippen LogP contribution is -2.43. The Kier molecular flexibility index (Phi) is 9.33. The predicted octanol–water partition coefficient (Wildman–Crippen LogP) is 4.18. The van der Waals surface area contributed by atoms with E-state index < -0.39 is 23.0 Å². The van der Waals surface area contributed by atoms with E-state index in [1.165, 1.54) is 0 Å². The molecule has 5 rings (SSSR count). The fraction of sp³-hybridized carbons (Fsp3) is 0.344. The van der Waals surface area contributed by atoms with Crippen LogP contribution in [0.15, 0.2) is 60.8 Å². The van der Waals surface area contributed by atoms with Gasteiger partial charge in [0.05, 0.1) is 5.41 Å². The lowest BCUT2D eigenvalue weighted by atomic mass is 9.79. The molecule has 3 amide bonds. The minimum atomic E-state index is -5.08. The van der Waals surface area contributed by atoms with Crippen molar-refractivity contribution in [2.45, 2.75) is 58.3 Å². The number of carboxylic acid groups (broad SMARTS) is 1. The highest BCUT2D eigenvalue weighted by atomic mass is 19.4. The van der Waals surface area contributed by atoms with Crippen LogP contribution in [0.2, 0.25) is 0 Å². The largest absolute Gasteiger partial charge is 0.490 e. The molecule has 1 spiro atoms. The van der Waals surface area contributed by atoms with Crippen molar-refractivity contribution >= 4 is 35.2 Å². The standard InChI is InChI=1S/C30H33N5O3.C2HF3O2/c1-29(2,3)28(38)35(17-21-8-5-4-7-20(21)16-31)18-25(36)33-23-11-10-19-14-30(15-22(19)13-23)24-9-6-12-32-26(24)34-27(30)37;3-2(4,5)1(6)7/h4-13H,14-18,31H2,1-3H3,(H,33,36)(H,32,34,37);(H,6,7)/t30-;/m1./s1. The topological polar surface area (TPSA) is 155 Å². The normalized spacial score (nSPS) is 16.6. The van der Waals surface area contributed by atoms with Gasteiger partial charge in [-0.05, 0) is 53.3 Å². The molecule has 45 heavy (non-hydrogen) atoms. The molecule has 1 aromatic heterocycles. The van der Waals surface area contributed by atoms with Crippen molar-refractivity contribution in [1.29, 1.82) is 0 Å². The van der Waals surface area contributed by atoms with Gasteiger partial charge in [0.1, 0.15) is 12.4 Å². The van der Waals surface area contributed by atoms with Crippen LogP contribution in [0.4, 0.5) is 24.7 Å². The lowest BCUT2D eigenvalue weighted by molar-refractivity contribution is -0.192. The Labute approximate surface area is 257 Å². The number of alkyl halides is 3. The number of nitrogens with one attached hydrogen (secondary N) is 2. The Bertz CT molecular complexity index is 1640. The van der Waals surface area contributed by atoms with E-state index in [1.54, 1.807) is 11.1 Å². The average Bonchev–Trinajstić information content (AvgIpc) is 3.48. The van der Waals surface area contributed by atoms with Crippen molar-refractivity contribution in [3.05, 3.63) is 88.6 Å². The molecule has 0 radical (unpaired) electrons. The second-order valence-corrected chi connectivity index (χ2v) is 12.0. The van der Waals surface area contributed by atoms with Crippen molar-refractivity contribution in [3.63, 3.8) is 0 Å². The molecule has 0 unspecified atom stereocenters. The average molecular weight is 626 g/mol. The first kappa shape index (κ1) is 33.1. The van der Waals surface area contributed by atoms with Gasteiger partial charge in [-0.25, -0.2) is 9.78 Å². The van der Waals surface area contributed by atoms with Crippen molar-refractivity contribution in [2.24, 2.45) is 11.1 Å². The van der Waals surface area contributed by atoms with E-state index in [0.29, 0.717) is 37.4 Å². The Morgan fingerprint density at radius 1 is 1.02 bits per heavy atom. The molecule has 1 atom stereocenters. The van der Waals surface area contributed by atoms with Crippen LogP contribution in [0.1, 0.15) is 48.6 Å². The fourth-order valence-corrected chi connectivity index (χ4v) is 5.51. The van der Waals surface area contributed by atoms with Crippen molar-refractivity contribution in [2.75, 3.05) is 17.2 Å². The summed E-state index contributed by atoms with van der Waals surface area (Å²) in [5, 5.41) is 13.0. The van der Waals surface area contributed by atoms with Gasteiger partial charge in [-0.2, -0.15) is 13.2 Å². The number of rotatable bonds is 6. The summed E-state index contributed by atoms with van der Waals surface area (Å²) in [6.45, 7) is 6.10. The summed E-state index contributed by atoms with van der Waals surface area (Å²) in [6, 6.07) is 17.3. The van der Waals surface area contributed by atoms with E-state index in [-0.39, 0.29) is 24.3 Å². The molecule has 2 heterocycles. The van der Waals surface area contributed by atoms with Crippen LogP contribution in [0.25, 0.3) is 0 Å². The first-order valence-corrected chi connectivity index (χ1v) is 14.1. The number of hydrogen-bond donors (Lipinski definition) is 4. The monoisotopic (exact) mass is 625 g/mol. The van der Waals surface area contributed by atoms with Gasteiger partial charge in [0, 0.05) is 36.0 Å². The highest BCUT2D eigenvalue weighted by Crippen LogP contribution is 2.46. The minimum Gasteiger partial charge on any atom is -0.475 e. The summed E-state index contributed by atoms with van der Waals surface area (Å²) in [5.41, 5.74) is 10.1. The van der Waals surface area contributed by atoms with Crippen molar-refractivity contribution in [1.82, 2.24) is 9.88 Å². The maximum atomic E-state index is 13.3. The zero-order valence-corrected chi connectivity index (χ0v) is 25.0. The third kappa shape index (κ3) is 7.31. The molecule has 0 fully saturated rings. The van der Waals surface area contributed by atoms with E-state index in [4.69, 9.17) is 15.6 Å². The number of fused-ring (bicyclic) bond motifs is 3. The summed E-state index contributed by atoms with van der Waals surface area (Å²) in [5.74, 6) is -2.57. The molecule has 5 N–H and O–H groups in total. The number of amides is 3. The first-order chi connectivity index (χ1) is 21.0. The van der Waals surface area contributed by atoms with Gasteiger partial charge in [0.25, 0.3) is 0 Å². The van der Waals surface area contributed by atoms with Crippen LogP contribution in [0.3, 0.4) is 0 Å². The van der Waals surface area contributed by atoms with Gasteiger partial charge < -0.3 is 26.4 Å². The number of carboxylic acids is 1. The molecule has 3 aromatic rings. The SMILES string of the molecule is CC(C)(C)C(=O)N(CC(=O)Nc1ccc2c(c1)C[C@@]1(C2)C(=O)Nc2ncccc21)Cc1ccccc1CN.O=C(O)C(F)(F)F. The molecule has 2 aromatic carbocycles. The molecule has 2 aliphatic rings. The van der Waals surface area contributed by atoms with Crippen LogP contribution >= 0.6 is 0 Å².